The van der Waals surface area contributed by atoms with Crippen LogP contribution in [0.3, 0.4) is 0 Å². The van der Waals surface area contributed by atoms with Crippen molar-refractivity contribution in [3.63, 3.8) is 0 Å². The third-order valence-corrected chi connectivity index (χ3v) is 3.30. The van der Waals surface area contributed by atoms with Gasteiger partial charge in [0, 0.05) is 18.0 Å². The first-order valence-corrected chi connectivity index (χ1v) is 5.78. The number of thiophene rings is 1. The van der Waals surface area contributed by atoms with Crippen LogP contribution in [0.25, 0.3) is 0 Å². The van der Waals surface area contributed by atoms with Crippen molar-refractivity contribution in [1.82, 2.24) is 15.3 Å². The molecular weight excluding hydrogens is 222 g/mol. The highest BCUT2D eigenvalue weighted by Crippen LogP contribution is 2.33. The molecule has 0 bridgehead atoms. The van der Waals surface area contributed by atoms with Crippen molar-refractivity contribution in [2.45, 2.75) is 6.04 Å². The van der Waals surface area contributed by atoms with Crippen LogP contribution in [0.2, 0.25) is 0 Å². The molecule has 0 spiro atoms. The minimum absolute atomic E-state index is 0.0798. The predicted molar refractivity (Wildman–Crippen MR) is 63.8 cm³/mol. The standard InChI is InChI=1S/C11H13N3OS/c1-12-10(8-5-13-7-14-6-8)11-9(15-2)3-4-16-11/h3-7,10,12H,1-2H3. The fraction of sp³-hybridized carbons (Fsp3) is 0.273. The molecule has 0 radical (unpaired) electrons. The molecule has 0 saturated heterocycles. The zero-order chi connectivity index (χ0) is 11.4. The minimum Gasteiger partial charge on any atom is -0.496 e. The van der Waals surface area contributed by atoms with E-state index in [1.165, 1.54) is 6.33 Å². The van der Waals surface area contributed by atoms with Crippen LogP contribution >= 0.6 is 11.3 Å². The van der Waals surface area contributed by atoms with Crippen LogP contribution in [-0.4, -0.2) is 24.1 Å². The summed E-state index contributed by atoms with van der Waals surface area (Å²) in [5.41, 5.74) is 1.03. The molecule has 0 saturated carbocycles. The zero-order valence-corrected chi connectivity index (χ0v) is 9.99. The van der Waals surface area contributed by atoms with E-state index in [-0.39, 0.29) is 6.04 Å². The van der Waals surface area contributed by atoms with E-state index in [9.17, 15) is 0 Å². The third kappa shape index (κ3) is 2.05. The summed E-state index contributed by atoms with van der Waals surface area (Å²) in [7, 11) is 3.59. The van der Waals surface area contributed by atoms with Crippen LogP contribution in [0.4, 0.5) is 0 Å². The molecule has 4 nitrogen and oxygen atoms in total. The largest absolute Gasteiger partial charge is 0.496 e. The zero-order valence-electron chi connectivity index (χ0n) is 9.18. The van der Waals surface area contributed by atoms with Crippen molar-refractivity contribution in [3.8, 4) is 5.75 Å². The van der Waals surface area contributed by atoms with E-state index in [2.05, 4.69) is 15.3 Å². The lowest BCUT2D eigenvalue weighted by Gasteiger charge is -2.15. The average Bonchev–Trinajstić information content (AvgIpc) is 2.80. The molecule has 2 heterocycles. The molecule has 0 fully saturated rings. The summed E-state index contributed by atoms with van der Waals surface area (Å²) >= 11 is 1.66. The van der Waals surface area contributed by atoms with Gasteiger partial charge in [0.2, 0.25) is 0 Å². The number of rotatable bonds is 4. The van der Waals surface area contributed by atoms with Gasteiger partial charge < -0.3 is 10.1 Å². The van der Waals surface area contributed by atoms with Gasteiger partial charge in [0.1, 0.15) is 12.1 Å². The summed E-state index contributed by atoms with van der Waals surface area (Å²) < 4.78 is 5.32. The maximum Gasteiger partial charge on any atom is 0.134 e. The van der Waals surface area contributed by atoms with Gasteiger partial charge >= 0.3 is 0 Å². The van der Waals surface area contributed by atoms with Gasteiger partial charge in [-0.1, -0.05) is 0 Å². The number of methoxy groups -OCH3 is 1. The van der Waals surface area contributed by atoms with Crippen LogP contribution in [0.15, 0.2) is 30.2 Å². The van der Waals surface area contributed by atoms with Crippen LogP contribution in [0.1, 0.15) is 16.5 Å². The first-order valence-electron chi connectivity index (χ1n) is 4.90. The monoisotopic (exact) mass is 235 g/mol. The number of nitrogens with zero attached hydrogens (tertiary/aromatic N) is 2. The highest BCUT2D eigenvalue weighted by Gasteiger charge is 2.18. The van der Waals surface area contributed by atoms with Gasteiger partial charge in [-0.3, -0.25) is 0 Å². The quantitative estimate of drug-likeness (QED) is 0.878. The Bertz CT molecular complexity index is 444. The van der Waals surface area contributed by atoms with Crippen molar-refractivity contribution < 1.29 is 4.74 Å². The Kier molecular flexibility index (Phi) is 3.48. The second-order valence-electron chi connectivity index (χ2n) is 3.25. The molecule has 1 atom stereocenters. The molecule has 5 heteroatoms. The van der Waals surface area contributed by atoms with Crippen molar-refractivity contribution in [3.05, 3.63) is 40.6 Å². The van der Waals surface area contributed by atoms with Gasteiger partial charge in [0.15, 0.2) is 0 Å². The predicted octanol–water partition coefficient (Wildman–Crippen LogP) is 1.86. The van der Waals surface area contributed by atoms with E-state index >= 15 is 0 Å². The summed E-state index contributed by atoms with van der Waals surface area (Å²) in [6.45, 7) is 0. The van der Waals surface area contributed by atoms with E-state index in [1.807, 2.05) is 30.9 Å². The first-order chi connectivity index (χ1) is 7.86. The normalized spacial score (nSPS) is 12.4. The molecule has 0 aromatic carbocycles. The van der Waals surface area contributed by atoms with Gasteiger partial charge in [-0.2, -0.15) is 0 Å². The third-order valence-electron chi connectivity index (χ3n) is 2.34. The smallest absolute Gasteiger partial charge is 0.134 e. The minimum atomic E-state index is 0.0798. The first kappa shape index (κ1) is 11.0. The van der Waals surface area contributed by atoms with Gasteiger partial charge in [-0.05, 0) is 18.5 Å². The molecule has 1 unspecified atom stereocenters. The molecule has 2 aromatic rings. The second kappa shape index (κ2) is 5.05. The molecular formula is C11H13N3OS. The van der Waals surface area contributed by atoms with E-state index in [0.29, 0.717) is 0 Å². The van der Waals surface area contributed by atoms with Crippen LogP contribution in [0, 0.1) is 0 Å². The maximum atomic E-state index is 5.32. The summed E-state index contributed by atoms with van der Waals surface area (Å²) in [6, 6.07) is 2.05. The van der Waals surface area contributed by atoms with Gasteiger partial charge in [0.25, 0.3) is 0 Å². The second-order valence-corrected chi connectivity index (χ2v) is 4.19. The Labute approximate surface area is 98.3 Å². The summed E-state index contributed by atoms with van der Waals surface area (Å²) in [6.07, 6.45) is 5.16. The SMILES string of the molecule is CNC(c1cncnc1)c1sccc1OC. The molecule has 16 heavy (non-hydrogen) atoms. The van der Waals surface area contributed by atoms with Crippen molar-refractivity contribution in [2.24, 2.45) is 0 Å². The van der Waals surface area contributed by atoms with Crippen molar-refractivity contribution >= 4 is 11.3 Å². The number of hydrogen-bond acceptors (Lipinski definition) is 5. The number of ether oxygens (including phenoxy) is 1. The fourth-order valence-electron chi connectivity index (χ4n) is 1.60. The molecule has 1 N–H and O–H groups in total. The molecule has 0 amide bonds. The molecule has 2 rings (SSSR count). The number of aromatic nitrogens is 2. The van der Waals surface area contributed by atoms with E-state index in [4.69, 9.17) is 4.74 Å². The lowest BCUT2D eigenvalue weighted by atomic mass is 10.1. The lowest BCUT2D eigenvalue weighted by Crippen LogP contribution is -2.17. The Balaban J connectivity index is 2.37. The van der Waals surface area contributed by atoms with Gasteiger partial charge in [0.05, 0.1) is 18.0 Å². The molecule has 2 aromatic heterocycles. The Morgan fingerprint density at radius 2 is 2.12 bits per heavy atom. The molecule has 84 valence electrons. The molecule has 0 aliphatic carbocycles. The summed E-state index contributed by atoms with van der Waals surface area (Å²) in [5, 5.41) is 5.26. The molecule has 0 aliphatic rings. The topological polar surface area (TPSA) is 47.0 Å². The highest BCUT2D eigenvalue weighted by atomic mass is 32.1. The van der Waals surface area contributed by atoms with Crippen LogP contribution in [0.5, 0.6) is 5.75 Å². The average molecular weight is 235 g/mol. The van der Waals surface area contributed by atoms with Crippen LogP contribution < -0.4 is 10.1 Å². The highest BCUT2D eigenvalue weighted by molar-refractivity contribution is 7.10. The lowest BCUT2D eigenvalue weighted by molar-refractivity contribution is 0.408. The summed E-state index contributed by atoms with van der Waals surface area (Å²) in [5.74, 6) is 0.896. The van der Waals surface area contributed by atoms with E-state index in [0.717, 1.165) is 16.2 Å². The number of hydrogen-bond donors (Lipinski definition) is 1. The van der Waals surface area contributed by atoms with E-state index < -0.39 is 0 Å². The Morgan fingerprint density at radius 3 is 2.75 bits per heavy atom. The van der Waals surface area contributed by atoms with Crippen molar-refractivity contribution in [2.75, 3.05) is 14.2 Å². The Hall–Kier alpha value is -1.46. The Morgan fingerprint density at radius 1 is 1.38 bits per heavy atom. The van der Waals surface area contributed by atoms with Crippen LogP contribution in [-0.2, 0) is 0 Å². The number of nitrogens with one attached hydrogen (secondary N) is 1. The molecule has 0 aliphatic heterocycles. The summed E-state index contributed by atoms with van der Waals surface area (Å²) in [4.78, 5) is 9.20. The van der Waals surface area contributed by atoms with Gasteiger partial charge in [-0.25, -0.2) is 9.97 Å². The van der Waals surface area contributed by atoms with Crippen molar-refractivity contribution in [1.29, 1.82) is 0 Å². The maximum absolute atomic E-state index is 5.32. The van der Waals surface area contributed by atoms with Gasteiger partial charge in [-0.15, -0.1) is 11.3 Å². The van der Waals surface area contributed by atoms with E-state index in [1.54, 1.807) is 18.4 Å². The fourth-order valence-corrected chi connectivity index (χ4v) is 2.59.